The summed E-state index contributed by atoms with van der Waals surface area (Å²) in [4.78, 5) is 50.8. The Bertz CT molecular complexity index is 1700. The van der Waals surface area contributed by atoms with Gasteiger partial charge in [0, 0.05) is 36.3 Å². The molecule has 1 N–H and O–H groups in total. The summed E-state index contributed by atoms with van der Waals surface area (Å²) in [6.45, 7) is 9.35. The van der Waals surface area contributed by atoms with Gasteiger partial charge in [-0.25, -0.2) is 9.97 Å². The average molecular weight is 565 g/mol. The number of carbonyl (C=O) groups excluding carboxylic acids is 3. The van der Waals surface area contributed by atoms with Crippen molar-refractivity contribution in [2.45, 2.75) is 78.6 Å². The normalized spacial score (nSPS) is 22.0. The predicted molar refractivity (Wildman–Crippen MR) is 160 cm³/mol. The van der Waals surface area contributed by atoms with Crippen molar-refractivity contribution in [2.24, 2.45) is 5.41 Å². The van der Waals surface area contributed by atoms with Crippen molar-refractivity contribution in [3.05, 3.63) is 77.5 Å². The molecule has 0 unspecified atom stereocenters. The summed E-state index contributed by atoms with van der Waals surface area (Å²) in [5.74, 6) is 0.207. The van der Waals surface area contributed by atoms with Gasteiger partial charge in [0.1, 0.15) is 24.1 Å². The number of likely N-dealkylation sites (tertiary alicyclic amines) is 1. The Labute approximate surface area is 245 Å². The summed E-state index contributed by atoms with van der Waals surface area (Å²) in [5, 5.41) is 8.47. The van der Waals surface area contributed by atoms with Crippen molar-refractivity contribution in [2.75, 3.05) is 0 Å². The Morgan fingerprint density at radius 3 is 2.43 bits per heavy atom. The largest absolute Gasteiger partial charge is 0.348 e. The van der Waals surface area contributed by atoms with Crippen molar-refractivity contribution in [1.29, 1.82) is 0 Å². The van der Waals surface area contributed by atoms with Crippen LogP contribution in [0.1, 0.15) is 73.5 Å². The van der Waals surface area contributed by atoms with Crippen LogP contribution >= 0.6 is 0 Å². The van der Waals surface area contributed by atoms with Crippen LogP contribution in [-0.2, 0) is 16.1 Å². The van der Waals surface area contributed by atoms with Gasteiger partial charge in [0.25, 0.3) is 0 Å². The molecule has 2 aromatic carbocycles. The molecule has 2 amide bonds. The Morgan fingerprint density at radius 2 is 1.79 bits per heavy atom. The molecule has 42 heavy (non-hydrogen) atoms. The van der Waals surface area contributed by atoms with Gasteiger partial charge in [-0.2, -0.15) is 5.10 Å². The molecular formula is C33H36N6O3. The third-order valence-electron chi connectivity index (χ3n) is 9.14. The molecule has 9 heteroatoms. The lowest BCUT2D eigenvalue weighted by molar-refractivity contribution is -0.143. The maximum absolute atomic E-state index is 14.1. The number of aryl methyl sites for hydroxylation is 2. The van der Waals surface area contributed by atoms with Crippen molar-refractivity contribution < 1.29 is 14.4 Å². The highest BCUT2D eigenvalue weighted by atomic mass is 16.2. The lowest BCUT2D eigenvalue weighted by Gasteiger charge is -2.44. The molecule has 0 bridgehead atoms. The van der Waals surface area contributed by atoms with Crippen molar-refractivity contribution >= 4 is 28.5 Å². The van der Waals surface area contributed by atoms with Crippen molar-refractivity contribution in [3.8, 4) is 11.1 Å². The van der Waals surface area contributed by atoms with E-state index in [9.17, 15) is 14.4 Å². The second kappa shape index (κ2) is 10.5. The van der Waals surface area contributed by atoms with Gasteiger partial charge >= 0.3 is 0 Å². The molecule has 3 heterocycles. The molecule has 1 aliphatic heterocycles. The number of aromatic nitrogens is 4. The molecule has 1 saturated heterocycles. The van der Waals surface area contributed by atoms with Gasteiger partial charge in [0.2, 0.25) is 11.8 Å². The number of nitrogens with zero attached hydrogens (tertiary/aromatic N) is 5. The first-order chi connectivity index (χ1) is 20.1. The summed E-state index contributed by atoms with van der Waals surface area (Å²) in [5.41, 5.74) is 4.59. The van der Waals surface area contributed by atoms with Gasteiger partial charge < -0.3 is 10.2 Å². The number of hydrogen-bond acceptors (Lipinski definition) is 6. The van der Waals surface area contributed by atoms with Crippen molar-refractivity contribution in [1.82, 2.24) is 30.0 Å². The fraction of sp³-hybridized carbons (Fsp3) is 0.394. The number of rotatable bonds is 7. The highest BCUT2D eigenvalue weighted by Crippen LogP contribution is 2.54. The monoisotopic (exact) mass is 564 g/mol. The average Bonchev–Trinajstić information content (AvgIpc) is 3.42. The molecule has 4 aromatic rings. The van der Waals surface area contributed by atoms with Crippen LogP contribution in [0.3, 0.4) is 0 Å². The number of amides is 2. The molecule has 2 aromatic heterocycles. The topological polar surface area (TPSA) is 110 Å². The van der Waals surface area contributed by atoms with Gasteiger partial charge in [0.15, 0.2) is 5.78 Å². The summed E-state index contributed by atoms with van der Waals surface area (Å²) in [7, 11) is 0. The molecule has 1 saturated carbocycles. The molecule has 0 spiro atoms. The predicted octanol–water partition coefficient (Wildman–Crippen LogP) is 4.96. The first-order valence-electron chi connectivity index (χ1n) is 14.5. The zero-order valence-corrected chi connectivity index (χ0v) is 24.7. The number of ketones is 1. The van der Waals surface area contributed by atoms with Gasteiger partial charge in [-0.15, -0.1) is 0 Å². The van der Waals surface area contributed by atoms with E-state index in [0.717, 1.165) is 40.6 Å². The Balaban J connectivity index is 1.31. The Kier molecular flexibility index (Phi) is 6.91. The minimum absolute atomic E-state index is 0.0103. The first kappa shape index (κ1) is 27.8. The summed E-state index contributed by atoms with van der Waals surface area (Å²) in [6, 6.07) is 13.0. The minimum Gasteiger partial charge on any atom is -0.348 e. The number of fused-ring (bicyclic) bond motifs is 2. The maximum atomic E-state index is 14.1. The highest BCUT2D eigenvalue weighted by Gasteiger charge is 2.58. The molecule has 4 atom stereocenters. The van der Waals surface area contributed by atoms with E-state index in [1.807, 2.05) is 63.2 Å². The Morgan fingerprint density at radius 1 is 1.07 bits per heavy atom. The van der Waals surface area contributed by atoms with Gasteiger partial charge in [-0.1, -0.05) is 37.3 Å². The van der Waals surface area contributed by atoms with E-state index in [4.69, 9.17) is 0 Å². The number of carbonyl (C=O) groups is 3. The zero-order valence-electron chi connectivity index (χ0n) is 24.7. The molecule has 2 fully saturated rings. The van der Waals surface area contributed by atoms with Crippen LogP contribution in [0.15, 0.2) is 54.9 Å². The number of Topliss-reactive ketones (excluding diaryl/α,β-unsaturated/α-hetero) is 1. The smallest absolute Gasteiger partial charge is 0.245 e. The quantitative estimate of drug-likeness (QED) is 0.318. The zero-order chi connectivity index (χ0) is 29.8. The van der Waals surface area contributed by atoms with Gasteiger partial charge in [-0.05, 0) is 74.3 Å². The lowest BCUT2D eigenvalue weighted by atomic mass is 9.66. The molecule has 9 nitrogen and oxygen atoms in total. The standard InChI is InChI=1S/C33H36N6O3/c1-19-13-24(25-16-34-22(4)35-17-25)14-26-30(21(3)40)37-38(31(19)26)18-29(41)39-27(15-33(5)12-11-28(33)39)32(42)36-20(2)23-9-7-6-8-10-23/h6-10,13-14,16-17,20,27-28H,11-12,15,18H2,1-5H3,(H,36,42)/t20-,27-,28+,33+/m0/s1. The van der Waals surface area contributed by atoms with Crippen LogP contribution in [0.5, 0.6) is 0 Å². The van der Waals surface area contributed by atoms with Gasteiger partial charge in [-0.3, -0.25) is 19.1 Å². The lowest BCUT2D eigenvalue weighted by Crippen LogP contribution is -2.53. The van der Waals surface area contributed by atoms with Crippen LogP contribution in [-0.4, -0.2) is 54.3 Å². The van der Waals surface area contributed by atoms with E-state index in [1.165, 1.54) is 6.92 Å². The van der Waals surface area contributed by atoms with Crippen LogP contribution in [0.2, 0.25) is 0 Å². The van der Waals surface area contributed by atoms with E-state index in [2.05, 4.69) is 27.3 Å². The van der Waals surface area contributed by atoms with E-state index < -0.39 is 6.04 Å². The molecule has 1 aliphatic carbocycles. The molecule has 6 rings (SSSR count). The van der Waals surface area contributed by atoms with E-state index >= 15 is 0 Å². The Hall–Kier alpha value is -4.40. The van der Waals surface area contributed by atoms with Gasteiger partial charge in [0.05, 0.1) is 11.6 Å². The summed E-state index contributed by atoms with van der Waals surface area (Å²) in [6.07, 6.45) is 6.02. The van der Waals surface area contributed by atoms with E-state index in [0.29, 0.717) is 23.3 Å². The number of benzene rings is 2. The summed E-state index contributed by atoms with van der Waals surface area (Å²) >= 11 is 0. The maximum Gasteiger partial charge on any atom is 0.245 e. The van der Waals surface area contributed by atoms with Crippen LogP contribution in [0, 0.1) is 19.3 Å². The third kappa shape index (κ3) is 4.76. The van der Waals surface area contributed by atoms with E-state index in [-0.39, 0.29) is 41.6 Å². The number of hydrogen-bond donors (Lipinski definition) is 1. The third-order valence-corrected chi connectivity index (χ3v) is 9.14. The molecular weight excluding hydrogens is 528 g/mol. The van der Waals surface area contributed by atoms with Crippen LogP contribution < -0.4 is 5.32 Å². The fourth-order valence-electron chi connectivity index (χ4n) is 6.76. The first-order valence-corrected chi connectivity index (χ1v) is 14.5. The highest BCUT2D eigenvalue weighted by molar-refractivity contribution is 6.07. The fourth-order valence-corrected chi connectivity index (χ4v) is 6.76. The number of nitrogens with one attached hydrogen (secondary N) is 1. The van der Waals surface area contributed by atoms with Crippen molar-refractivity contribution in [3.63, 3.8) is 0 Å². The van der Waals surface area contributed by atoms with Crippen LogP contribution in [0.4, 0.5) is 0 Å². The molecule has 0 radical (unpaired) electrons. The van der Waals surface area contributed by atoms with Crippen LogP contribution in [0.25, 0.3) is 22.0 Å². The second-order valence-corrected chi connectivity index (χ2v) is 12.1. The SMILES string of the molecule is CC(=O)c1nn(CC(=O)N2[C@H](C(=O)N[C@@H](C)c3ccccc3)C[C@@]3(C)CC[C@@H]23)c2c(C)cc(-c3cnc(C)nc3)cc12. The molecule has 216 valence electrons. The second-order valence-electron chi connectivity index (χ2n) is 12.1. The van der Waals surface area contributed by atoms with E-state index in [1.54, 1.807) is 22.0 Å². The summed E-state index contributed by atoms with van der Waals surface area (Å²) < 4.78 is 1.63. The minimum atomic E-state index is -0.551. The molecule has 2 aliphatic rings.